The van der Waals surface area contributed by atoms with Crippen LogP contribution >= 0.6 is 0 Å². The van der Waals surface area contributed by atoms with Gasteiger partial charge in [0, 0.05) is 32.3 Å². The van der Waals surface area contributed by atoms with Crippen LogP contribution < -0.4 is 5.32 Å². The number of nitrogens with zero attached hydrogens (tertiary/aromatic N) is 1. The fourth-order valence-electron chi connectivity index (χ4n) is 2.11. The highest BCUT2D eigenvalue weighted by Gasteiger charge is 2.20. The maximum atomic E-state index is 11.5. The second-order valence-electron chi connectivity index (χ2n) is 5.28. The van der Waals surface area contributed by atoms with Gasteiger partial charge in [0.25, 0.3) is 0 Å². The monoisotopic (exact) mass is 266 g/mol. The van der Waals surface area contributed by atoms with Crippen molar-refractivity contribution < 1.29 is 9.53 Å². The molecular weight excluding hydrogens is 240 g/mol. The molecule has 0 saturated carbocycles. The number of rotatable bonds is 6. The molecule has 1 aliphatic rings. The van der Waals surface area contributed by atoms with E-state index in [1.54, 1.807) is 6.08 Å². The lowest BCUT2D eigenvalue weighted by Crippen LogP contribution is -2.48. The van der Waals surface area contributed by atoms with Crippen LogP contribution in [-0.2, 0) is 9.53 Å². The summed E-state index contributed by atoms with van der Waals surface area (Å²) in [6, 6.07) is 0. The van der Waals surface area contributed by atoms with Gasteiger partial charge in [0.15, 0.2) is 0 Å². The van der Waals surface area contributed by atoms with E-state index in [-0.39, 0.29) is 12.0 Å². The number of hydrogen-bond acceptors (Lipinski definition) is 3. The van der Waals surface area contributed by atoms with Gasteiger partial charge in [-0.15, -0.1) is 0 Å². The summed E-state index contributed by atoms with van der Waals surface area (Å²) in [4.78, 5) is 13.9. The third kappa shape index (κ3) is 7.13. The van der Waals surface area contributed by atoms with Crippen molar-refractivity contribution in [1.82, 2.24) is 10.2 Å². The van der Waals surface area contributed by atoms with E-state index in [1.807, 2.05) is 19.1 Å². The molecule has 0 spiro atoms. The lowest BCUT2D eigenvalue weighted by atomic mass is 10.2. The summed E-state index contributed by atoms with van der Waals surface area (Å²) in [5, 5.41) is 2.87. The number of hydrogen-bond donors (Lipinski definition) is 1. The van der Waals surface area contributed by atoms with Crippen molar-refractivity contribution in [2.24, 2.45) is 5.92 Å². The first-order chi connectivity index (χ1) is 9.11. The molecule has 0 radical (unpaired) electrons. The zero-order chi connectivity index (χ0) is 14.1. The first-order valence-corrected chi connectivity index (χ1v) is 7.03. The van der Waals surface area contributed by atoms with Crippen LogP contribution in [0.5, 0.6) is 0 Å². The lowest BCUT2D eigenvalue weighted by molar-refractivity contribution is -0.117. The van der Waals surface area contributed by atoms with E-state index in [2.05, 4.69) is 24.1 Å². The number of nitrogens with one attached hydrogen (secondary N) is 1. The average molecular weight is 266 g/mol. The number of morpholine rings is 1. The molecule has 1 rings (SSSR count). The lowest BCUT2D eigenvalue weighted by Gasteiger charge is -2.33. The Labute approximate surface area is 116 Å². The highest BCUT2D eigenvalue weighted by Crippen LogP contribution is 2.07. The molecule has 1 fully saturated rings. The first-order valence-electron chi connectivity index (χ1n) is 7.03. The number of ether oxygens (including phenoxy) is 1. The van der Waals surface area contributed by atoms with Crippen LogP contribution in [0.4, 0.5) is 0 Å². The predicted molar refractivity (Wildman–Crippen MR) is 78.0 cm³/mol. The maximum Gasteiger partial charge on any atom is 0.244 e. The second kappa shape index (κ2) is 8.88. The third-order valence-corrected chi connectivity index (χ3v) is 2.90. The SMILES string of the molecule is C/C=C/C=C/C(=O)NCC1CN(CC(C)C)CCO1. The molecule has 0 bridgehead atoms. The Hall–Kier alpha value is -1.13. The molecule has 0 aromatic heterocycles. The van der Waals surface area contributed by atoms with Gasteiger partial charge in [0.2, 0.25) is 5.91 Å². The van der Waals surface area contributed by atoms with Crippen molar-refractivity contribution in [3.8, 4) is 0 Å². The molecule has 1 aliphatic heterocycles. The fourth-order valence-corrected chi connectivity index (χ4v) is 2.11. The maximum absolute atomic E-state index is 11.5. The van der Waals surface area contributed by atoms with Gasteiger partial charge in [-0.25, -0.2) is 0 Å². The van der Waals surface area contributed by atoms with Crippen LogP contribution in [0.3, 0.4) is 0 Å². The van der Waals surface area contributed by atoms with Crippen molar-refractivity contribution in [3.63, 3.8) is 0 Å². The Morgan fingerprint density at radius 2 is 2.26 bits per heavy atom. The molecule has 4 heteroatoms. The fraction of sp³-hybridized carbons (Fsp3) is 0.667. The first kappa shape index (κ1) is 15.9. The zero-order valence-corrected chi connectivity index (χ0v) is 12.3. The number of amides is 1. The molecule has 0 aromatic rings. The molecular formula is C15H26N2O2. The quantitative estimate of drug-likeness (QED) is 0.586. The van der Waals surface area contributed by atoms with Crippen LogP contribution in [-0.4, -0.2) is 49.7 Å². The zero-order valence-electron chi connectivity index (χ0n) is 12.3. The van der Waals surface area contributed by atoms with Gasteiger partial charge in [0.1, 0.15) is 0 Å². The van der Waals surface area contributed by atoms with E-state index in [9.17, 15) is 4.79 Å². The average Bonchev–Trinajstić information content (AvgIpc) is 2.36. The van der Waals surface area contributed by atoms with Crippen LogP contribution in [0.1, 0.15) is 20.8 Å². The van der Waals surface area contributed by atoms with Gasteiger partial charge < -0.3 is 10.1 Å². The molecule has 1 N–H and O–H groups in total. The van der Waals surface area contributed by atoms with Gasteiger partial charge >= 0.3 is 0 Å². The highest BCUT2D eigenvalue weighted by atomic mass is 16.5. The molecule has 1 unspecified atom stereocenters. The standard InChI is InChI=1S/C15H26N2O2/c1-4-5-6-7-15(18)16-10-14-12-17(8-9-19-14)11-13(2)3/h4-7,13-14H,8-12H2,1-3H3,(H,16,18)/b5-4+,7-6+. The van der Waals surface area contributed by atoms with Crippen LogP contribution in [0.25, 0.3) is 0 Å². The van der Waals surface area contributed by atoms with E-state index in [0.717, 1.165) is 26.2 Å². The summed E-state index contributed by atoms with van der Waals surface area (Å²) < 4.78 is 5.67. The van der Waals surface area contributed by atoms with Gasteiger partial charge in [0.05, 0.1) is 12.7 Å². The number of carbonyl (C=O) groups is 1. The summed E-state index contributed by atoms with van der Waals surface area (Å²) in [6.07, 6.45) is 7.10. The van der Waals surface area contributed by atoms with E-state index in [0.29, 0.717) is 12.5 Å². The van der Waals surface area contributed by atoms with Crippen LogP contribution in [0.15, 0.2) is 24.3 Å². The van der Waals surface area contributed by atoms with Crippen LogP contribution in [0, 0.1) is 5.92 Å². The minimum Gasteiger partial charge on any atom is -0.374 e. The molecule has 19 heavy (non-hydrogen) atoms. The van der Waals surface area contributed by atoms with E-state index < -0.39 is 0 Å². The van der Waals surface area contributed by atoms with Crippen molar-refractivity contribution >= 4 is 5.91 Å². The number of allylic oxidation sites excluding steroid dienone is 3. The largest absolute Gasteiger partial charge is 0.374 e. The van der Waals surface area contributed by atoms with Gasteiger partial charge in [-0.1, -0.05) is 32.1 Å². The van der Waals surface area contributed by atoms with E-state index in [1.165, 1.54) is 6.08 Å². The van der Waals surface area contributed by atoms with Crippen molar-refractivity contribution in [1.29, 1.82) is 0 Å². The predicted octanol–water partition coefficient (Wildman–Crippen LogP) is 1.59. The minimum absolute atomic E-state index is 0.0670. The molecule has 0 aliphatic carbocycles. The second-order valence-corrected chi connectivity index (χ2v) is 5.28. The summed E-state index contributed by atoms with van der Waals surface area (Å²) in [6.45, 7) is 10.7. The van der Waals surface area contributed by atoms with E-state index >= 15 is 0 Å². The minimum atomic E-state index is -0.0670. The van der Waals surface area contributed by atoms with Gasteiger partial charge in [-0.2, -0.15) is 0 Å². The Morgan fingerprint density at radius 1 is 1.47 bits per heavy atom. The van der Waals surface area contributed by atoms with Crippen LogP contribution in [0.2, 0.25) is 0 Å². The molecule has 1 atom stereocenters. The van der Waals surface area contributed by atoms with Crippen molar-refractivity contribution in [2.45, 2.75) is 26.9 Å². The molecule has 1 heterocycles. The summed E-state index contributed by atoms with van der Waals surface area (Å²) in [7, 11) is 0. The molecule has 108 valence electrons. The number of carbonyl (C=O) groups excluding carboxylic acids is 1. The van der Waals surface area contributed by atoms with Gasteiger partial charge in [-0.3, -0.25) is 9.69 Å². The topological polar surface area (TPSA) is 41.6 Å². The smallest absolute Gasteiger partial charge is 0.244 e. The summed E-state index contributed by atoms with van der Waals surface area (Å²) in [5.41, 5.74) is 0. The van der Waals surface area contributed by atoms with Crippen molar-refractivity contribution in [2.75, 3.05) is 32.8 Å². The molecule has 0 aromatic carbocycles. The summed E-state index contributed by atoms with van der Waals surface area (Å²) in [5.74, 6) is 0.597. The van der Waals surface area contributed by atoms with Crippen molar-refractivity contribution in [3.05, 3.63) is 24.3 Å². The molecule has 1 amide bonds. The summed E-state index contributed by atoms with van der Waals surface area (Å²) >= 11 is 0. The molecule has 1 saturated heterocycles. The Morgan fingerprint density at radius 3 is 2.95 bits per heavy atom. The Balaban J connectivity index is 2.26. The Bertz CT molecular complexity index is 324. The third-order valence-electron chi connectivity index (χ3n) is 2.90. The van der Waals surface area contributed by atoms with E-state index in [4.69, 9.17) is 4.74 Å². The molecule has 4 nitrogen and oxygen atoms in total. The Kier molecular flexibility index (Phi) is 7.45. The highest BCUT2D eigenvalue weighted by molar-refractivity contribution is 5.87. The normalized spacial score (nSPS) is 21.6. The van der Waals surface area contributed by atoms with Gasteiger partial charge in [-0.05, 0) is 12.8 Å².